The third-order valence-electron chi connectivity index (χ3n) is 3.18. The van der Waals surface area contributed by atoms with Crippen molar-refractivity contribution < 1.29 is 14.4 Å². The maximum atomic E-state index is 11.5. The van der Waals surface area contributed by atoms with Gasteiger partial charge in [-0.2, -0.15) is 0 Å². The zero-order valence-electron chi connectivity index (χ0n) is 12.0. The number of hydrogen-bond acceptors (Lipinski definition) is 4. The lowest BCUT2D eigenvalue weighted by Crippen LogP contribution is -2.51. The summed E-state index contributed by atoms with van der Waals surface area (Å²) in [5.41, 5.74) is 2.21. The normalized spacial score (nSPS) is 14.6. The number of allylic oxidation sites excluding steroid dienone is 1. The lowest BCUT2D eigenvalue weighted by molar-refractivity contribution is -0.124. The first-order valence-electron chi connectivity index (χ1n) is 6.60. The fourth-order valence-electron chi connectivity index (χ4n) is 2.00. The molecule has 2 N–H and O–H groups in total. The highest BCUT2D eigenvalue weighted by atomic mass is 16.2. The number of benzene rings is 1. The van der Waals surface area contributed by atoms with Crippen molar-refractivity contribution in [3.05, 3.63) is 41.5 Å². The third kappa shape index (κ3) is 3.68. The van der Waals surface area contributed by atoms with E-state index >= 15 is 0 Å². The molecule has 0 unspecified atom stereocenters. The largest absolute Gasteiger partial charge is 0.378 e. The SMILES string of the molecule is CN(C)c1ccc(CCC=C2C(=O)NC(=O)NC2=O)cc1. The van der Waals surface area contributed by atoms with E-state index in [0.717, 1.165) is 11.3 Å². The van der Waals surface area contributed by atoms with Gasteiger partial charge in [0, 0.05) is 19.8 Å². The highest BCUT2D eigenvalue weighted by Gasteiger charge is 2.27. The van der Waals surface area contributed by atoms with Gasteiger partial charge >= 0.3 is 6.03 Å². The molecule has 0 radical (unpaired) electrons. The molecule has 0 saturated carbocycles. The summed E-state index contributed by atoms with van der Waals surface area (Å²) in [6.45, 7) is 0. The lowest BCUT2D eigenvalue weighted by Gasteiger charge is -2.14. The minimum atomic E-state index is -0.776. The van der Waals surface area contributed by atoms with Crippen LogP contribution in [0.3, 0.4) is 0 Å². The number of nitrogens with one attached hydrogen (secondary N) is 2. The quantitative estimate of drug-likeness (QED) is 0.639. The summed E-state index contributed by atoms with van der Waals surface area (Å²) in [6.07, 6.45) is 2.81. The number of amides is 4. The molecule has 6 nitrogen and oxygen atoms in total. The van der Waals surface area contributed by atoms with E-state index in [2.05, 4.69) is 0 Å². The van der Waals surface area contributed by atoms with Crippen molar-refractivity contribution in [1.29, 1.82) is 0 Å². The van der Waals surface area contributed by atoms with E-state index in [1.54, 1.807) is 6.08 Å². The van der Waals surface area contributed by atoms with Gasteiger partial charge in [-0.15, -0.1) is 0 Å². The summed E-state index contributed by atoms with van der Waals surface area (Å²) in [5.74, 6) is -1.29. The van der Waals surface area contributed by atoms with Crippen LogP contribution in [-0.4, -0.2) is 31.9 Å². The predicted molar refractivity (Wildman–Crippen MR) is 78.9 cm³/mol. The standard InChI is InChI=1S/C15H17N3O3/c1-18(2)11-8-6-10(7-9-11)4-3-5-12-13(19)16-15(21)17-14(12)20/h5-9H,3-4H2,1-2H3,(H2,16,17,19,20,21). The smallest absolute Gasteiger partial charge is 0.328 e. The van der Waals surface area contributed by atoms with Crippen LogP contribution in [0.2, 0.25) is 0 Å². The summed E-state index contributed by atoms with van der Waals surface area (Å²) < 4.78 is 0. The Kier molecular flexibility index (Phi) is 4.37. The maximum Gasteiger partial charge on any atom is 0.328 e. The Morgan fingerprint density at radius 3 is 2.10 bits per heavy atom. The van der Waals surface area contributed by atoms with Crippen molar-refractivity contribution in [3.8, 4) is 0 Å². The number of aryl methyl sites for hydroxylation is 1. The Hall–Kier alpha value is -2.63. The molecule has 1 aromatic carbocycles. The second-order valence-electron chi connectivity index (χ2n) is 4.95. The van der Waals surface area contributed by atoms with Gasteiger partial charge in [-0.25, -0.2) is 4.79 Å². The van der Waals surface area contributed by atoms with Gasteiger partial charge in [-0.1, -0.05) is 18.2 Å². The molecule has 2 rings (SSSR count). The first-order chi connectivity index (χ1) is 9.97. The first-order valence-corrected chi connectivity index (χ1v) is 6.60. The second-order valence-corrected chi connectivity index (χ2v) is 4.95. The Morgan fingerprint density at radius 2 is 1.57 bits per heavy atom. The van der Waals surface area contributed by atoms with E-state index in [1.807, 2.05) is 53.9 Å². The van der Waals surface area contributed by atoms with Crippen LogP contribution in [0.25, 0.3) is 0 Å². The molecule has 6 heteroatoms. The molecule has 1 fully saturated rings. The van der Waals surface area contributed by atoms with E-state index in [1.165, 1.54) is 0 Å². The number of carbonyl (C=O) groups is 3. The summed E-state index contributed by atoms with van der Waals surface area (Å²) in [7, 11) is 3.95. The van der Waals surface area contributed by atoms with Crippen LogP contribution in [-0.2, 0) is 16.0 Å². The zero-order valence-corrected chi connectivity index (χ0v) is 12.0. The molecule has 1 saturated heterocycles. The zero-order chi connectivity index (χ0) is 15.4. The molecular weight excluding hydrogens is 270 g/mol. The van der Waals surface area contributed by atoms with E-state index in [-0.39, 0.29) is 5.57 Å². The third-order valence-corrected chi connectivity index (χ3v) is 3.18. The van der Waals surface area contributed by atoms with Crippen LogP contribution < -0.4 is 15.5 Å². The van der Waals surface area contributed by atoms with Crippen LogP contribution >= 0.6 is 0 Å². The van der Waals surface area contributed by atoms with Crippen LogP contribution in [0, 0.1) is 0 Å². The van der Waals surface area contributed by atoms with E-state index in [0.29, 0.717) is 12.8 Å². The lowest BCUT2D eigenvalue weighted by atomic mass is 10.1. The van der Waals surface area contributed by atoms with Crippen molar-refractivity contribution in [3.63, 3.8) is 0 Å². The van der Waals surface area contributed by atoms with E-state index in [9.17, 15) is 14.4 Å². The van der Waals surface area contributed by atoms with Gasteiger partial charge < -0.3 is 4.90 Å². The van der Waals surface area contributed by atoms with Crippen molar-refractivity contribution in [2.24, 2.45) is 0 Å². The fourth-order valence-corrected chi connectivity index (χ4v) is 2.00. The fraction of sp³-hybridized carbons (Fsp3) is 0.267. The molecule has 1 aliphatic heterocycles. The molecular formula is C15H17N3O3. The van der Waals surface area contributed by atoms with Crippen molar-refractivity contribution >= 4 is 23.5 Å². The minimum absolute atomic E-state index is 0.0143. The number of rotatable bonds is 4. The number of barbiturate groups is 1. The van der Waals surface area contributed by atoms with Gasteiger partial charge in [0.25, 0.3) is 11.8 Å². The van der Waals surface area contributed by atoms with Crippen molar-refractivity contribution in [2.75, 3.05) is 19.0 Å². The van der Waals surface area contributed by atoms with Crippen molar-refractivity contribution in [2.45, 2.75) is 12.8 Å². The molecule has 0 bridgehead atoms. The predicted octanol–water partition coefficient (Wildman–Crippen LogP) is 0.978. The Morgan fingerprint density at radius 1 is 1.00 bits per heavy atom. The van der Waals surface area contributed by atoms with Crippen LogP contribution in [0.4, 0.5) is 10.5 Å². The summed E-state index contributed by atoms with van der Waals surface area (Å²) in [4.78, 5) is 36.0. The number of hydrogen-bond donors (Lipinski definition) is 2. The molecule has 1 heterocycles. The molecule has 4 amide bonds. The first kappa shape index (κ1) is 14.8. The summed E-state index contributed by atoms with van der Waals surface area (Å²) >= 11 is 0. The average Bonchev–Trinajstić information content (AvgIpc) is 2.42. The second kappa shape index (κ2) is 6.21. The number of imide groups is 2. The molecule has 1 aromatic rings. The van der Waals surface area contributed by atoms with E-state index in [4.69, 9.17) is 0 Å². The molecule has 1 aliphatic rings. The maximum absolute atomic E-state index is 11.5. The van der Waals surface area contributed by atoms with Gasteiger partial charge in [0.2, 0.25) is 0 Å². The monoisotopic (exact) mass is 287 g/mol. The van der Waals surface area contributed by atoms with Gasteiger partial charge in [-0.05, 0) is 30.5 Å². The number of nitrogens with zero attached hydrogens (tertiary/aromatic N) is 1. The Labute approximate surface area is 122 Å². The van der Waals surface area contributed by atoms with Gasteiger partial charge in [0.1, 0.15) is 5.57 Å². The molecule has 0 spiro atoms. The molecule has 0 atom stereocenters. The topological polar surface area (TPSA) is 78.5 Å². The van der Waals surface area contributed by atoms with Gasteiger partial charge in [-0.3, -0.25) is 20.2 Å². The van der Waals surface area contributed by atoms with E-state index < -0.39 is 17.8 Å². The van der Waals surface area contributed by atoms with Crippen LogP contribution in [0.1, 0.15) is 12.0 Å². The van der Waals surface area contributed by atoms with Gasteiger partial charge in [0.15, 0.2) is 0 Å². The Balaban J connectivity index is 1.97. The number of urea groups is 1. The van der Waals surface area contributed by atoms with Crippen LogP contribution in [0.15, 0.2) is 35.9 Å². The van der Waals surface area contributed by atoms with Crippen molar-refractivity contribution in [1.82, 2.24) is 10.6 Å². The summed E-state index contributed by atoms with van der Waals surface area (Å²) in [5, 5.41) is 4.09. The minimum Gasteiger partial charge on any atom is -0.378 e. The summed E-state index contributed by atoms with van der Waals surface area (Å²) in [6, 6.07) is 7.28. The highest BCUT2D eigenvalue weighted by molar-refractivity contribution is 6.28. The molecule has 21 heavy (non-hydrogen) atoms. The molecule has 110 valence electrons. The number of carbonyl (C=O) groups excluding carboxylic acids is 3. The number of anilines is 1. The highest BCUT2D eigenvalue weighted by Crippen LogP contribution is 2.14. The Bertz CT molecular complexity index is 581. The molecule has 0 aromatic heterocycles. The van der Waals surface area contributed by atoms with Gasteiger partial charge in [0.05, 0.1) is 0 Å². The molecule has 0 aliphatic carbocycles. The average molecular weight is 287 g/mol. The van der Waals surface area contributed by atoms with Crippen LogP contribution in [0.5, 0.6) is 0 Å².